The molecule has 0 spiro atoms. The number of alkyl halides is 2. The second-order valence-corrected chi connectivity index (χ2v) is 2.58. The highest BCUT2D eigenvalue weighted by Crippen LogP contribution is 2.20. The fraction of sp³-hybridized carbons (Fsp3) is 0.833. The van der Waals surface area contributed by atoms with Gasteiger partial charge in [0.05, 0.1) is 0 Å². The summed E-state index contributed by atoms with van der Waals surface area (Å²) in [6.45, 7) is 2.87. The van der Waals surface area contributed by atoms with Crippen molar-refractivity contribution >= 4 is 6.29 Å². The van der Waals surface area contributed by atoms with Crippen molar-refractivity contribution in [1.82, 2.24) is 0 Å². The molecular formula is C6H9F2O. The number of hydrogen-bond donors (Lipinski definition) is 0. The second-order valence-electron chi connectivity index (χ2n) is 2.58. The van der Waals surface area contributed by atoms with E-state index in [4.69, 9.17) is 0 Å². The Morgan fingerprint density at radius 2 is 2.00 bits per heavy atom. The highest BCUT2D eigenvalue weighted by Gasteiger charge is 2.22. The molecule has 1 nitrogen and oxygen atoms in total. The number of hydrogen-bond acceptors (Lipinski definition) is 1. The molecule has 0 saturated heterocycles. The van der Waals surface area contributed by atoms with Gasteiger partial charge in [0.15, 0.2) is 0 Å². The van der Waals surface area contributed by atoms with Crippen molar-refractivity contribution in [3.05, 3.63) is 0 Å². The maximum atomic E-state index is 11.5. The van der Waals surface area contributed by atoms with Crippen molar-refractivity contribution < 1.29 is 13.6 Å². The van der Waals surface area contributed by atoms with Crippen molar-refractivity contribution in [2.24, 2.45) is 5.41 Å². The molecule has 0 atom stereocenters. The number of carbonyl (C=O) groups excluding carboxylic acids is 1. The van der Waals surface area contributed by atoms with Crippen LogP contribution in [0, 0.1) is 5.41 Å². The van der Waals surface area contributed by atoms with Crippen LogP contribution >= 0.6 is 0 Å². The van der Waals surface area contributed by atoms with E-state index < -0.39 is 18.3 Å². The van der Waals surface area contributed by atoms with Crippen LogP contribution in [0.2, 0.25) is 0 Å². The van der Waals surface area contributed by atoms with Gasteiger partial charge in [0.2, 0.25) is 12.7 Å². The third kappa shape index (κ3) is 4.06. The van der Waals surface area contributed by atoms with Crippen LogP contribution in [0.25, 0.3) is 0 Å². The third-order valence-corrected chi connectivity index (χ3v) is 0.941. The van der Waals surface area contributed by atoms with Gasteiger partial charge in [-0.3, -0.25) is 4.79 Å². The molecule has 0 bridgehead atoms. The quantitative estimate of drug-likeness (QED) is 0.576. The Morgan fingerprint density at radius 3 is 2.11 bits per heavy atom. The van der Waals surface area contributed by atoms with Gasteiger partial charge in [0.25, 0.3) is 0 Å². The van der Waals surface area contributed by atoms with Gasteiger partial charge in [-0.15, -0.1) is 0 Å². The van der Waals surface area contributed by atoms with E-state index in [0.717, 1.165) is 0 Å². The smallest absolute Gasteiger partial charge is 0.239 e. The molecule has 53 valence electrons. The Morgan fingerprint density at radius 1 is 1.56 bits per heavy atom. The Bertz CT molecular complexity index is 99.2. The molecule has 0 aromatic heterocycles. The van der Waals surface area contributed by atoms with Crippen molar-refractivity contribution in [3.8, 4) is 0 Å². The molecule has 0 saturated carbocycles. The van der Waals surface area contributed by atoms with Crippen LogP contribution < -0.4 is 0 Å². The summed E-state index contributed by atoms with van der Waals surface area (Å²) in [5.74, 6) is 0. The van der Waals surface area contributed by atoms with E-state index in [2.05, 4.69) is 0 Å². The van der Waals surface area contributed by atoms with Gasteiger partial charge in [0.1, 0.15) is 0 Å². The first kappa shape index (κ1) is 8.53. The fourth-order valence-corrected chi connectivity index (χ4v) is 0.427. The monoisotopic (exact) mass is 135 g/mol. The van der Waals surface area contributed by atoms with Crippen molar-refractivity contribution in [3.63, 3.8) is 0 Å². The van der Waals surface area contributed by atoms with Crippen LogP contribution in [0.5, 0.6) is 0 Å². The Labute approximate surface area is 53.1 Å². The lowest BCUT2D eigenvalue weighted by Gasteiger charge is -2.13. The SMILES string of the molecule is CC(C)([C]=O)CC(F)F. The summed E-state index contributed by atoms with van der Waals surface area (Å²) >= 11 is 0. The molecule has 3 heteroatoms. The first-order valence-corrected chi connectivity index (χ1v) is 2.65. The van der Waals surface area contributed by atoms with Gasteiger partial charge in [-0.25, -0.2) is 8.78 Å². The molecule has 0 heterocycles. The van der Waals surface area contributed by atoms with E-state index in [1.54, 1.807) is 6.29 Å². The molecule has 0 unspecified atom stereocenters. The molecule has 0 aliphatic rings. The largest absolute Gasteiger partial charge is 0.290 e. The van der Waals surface area contributed by atoms with E-state index in [0.29, 0.717) is 0 Å². The molecule has 0 N–H and O–H groups in total. The molecular weight excluding hydrogens is 126 g/mol. The minimum absolute atomic E-state index is 0.406. The lowest BCUT2D eigenvalue weighted by Crippen LogP contribution is -2.16. The average molecular weight is 135 g/mol. The number of rotatable bonds is 3. The van der Waals surface area contributed by atoms with Crippen LogP contribution in [0.15, 0.2) is 0 Å². The first-order valence-electron chi connectivity index (χ1n) is 2.65. The lowest BCUT2D eigenvalue weighted by atomic mass is 9.92. The molecule has 0 amide bonds. The molecule has 0 aliphatic carbocycles. The van der Waals surface area contributed by atoms with Gasteiger partial charge in [-0.1, -0.05) is 13.8 Å². The van der Waals surface area contributed by atoms with Crippen LogP contribution in [-0.2, 0) is 4.79 Å². The van der Waals surface area contributed by atoms with Crippen LogP contribution in [0.3, 0.4) is 0 Å². The van der Waals surface area contributed by atoms with Crippen molar-refractivity contribution in [2.75, 3.05) is 0 Å². The molecule has 0 rings (SSSR count). The third-order valence-electron chi connectivity index (χ3n) is 0.941. The molecule has 0 aromatic carbocycles. The topological polar surface area (TPSA) is 17.1 Å². The summed E-state index contributed by atoms with van der Waals surface area (Å²) in [5, 5.41) is 0. The summed E-state index contributed by atoms with van der Waals surface area (Å²) in [7, 11) is 0. The van der Waals surface area contributed by atoms with Gasteiger partial charge in [0, 0.05) is 11.8 Å². The second kappa shape index (κ2) is 2.90. The molecule has 0 aromatic rings. The summed E-state index contributed by atoms with van der Waals surface area (Å²) in [4.78, 5) is 9.90. The van der Waals surface area contributed by atoms with Gasteiger partial charge >= 0.3 is 0 Å². The normalized spacial score (nSPS) is 12.1. The zero-order chi connectivity index (χ0) is 7.49. The summed E-state index contributed by atoms with van der Waals surface area (Å²) in [5.41, 5.74) is -0.992. The maximum absolute atomic E-state index is 11.5. The molecule has 1 radical (unpaired) electrons. The highest BCUT2D eigenvalue weighted by atomic mass is 19.3. The Balaban J connectivity index is 3.71. The van der Waals surface area contributed by atoms with Crippen LogP contribution in [0.1, 0.15) is 20.3 Å². The van der Waals surface area contributed by atoms with E-state index in [9.17, 15) is 13.6 Å². The van der Waals surface area contributed by atoms with E-state index in [1.807, 2.05) is 0 Å². The standard InChI is InChI=1S/C6H9F2O/c1-6(2,4-9)3-5(7)8/h5H,3H2,1-2H3. The lowest BCUT2D eigenvalue weighted by molar-refractivity contribution is 0.108. The van der Waals surface area contributed by atoms with Crippen molar-refractivity contribution in [1.29, 1.82) is 0 Å². The Kier molecular flexibility index (Phi) is 2.74. The van der Waals surface area contributed by atoms with Crippen LogP contribution in [-0.4, -0.2) is 12.7 Å². The number of halogens is 2. The predicted molar refractivity (Wildman–Crippen MR) is 30.1 cm³/mol. The Hall–Kier alpha value is -0.470. The van der Waals surface area contributed by atoms with E-state index in [-0.39, 0.29) is 0 Å². The minimum atomic E-state index is -2.42. The zero-order valence-corrected chi connectivity index (χ0v) is 5.45. The fourth-order valence-electron chi connectivity index (χ4n) is 0.427. The van der Waals surface area contributed by atoms with Crippen LogP contribution in [0.4, 0.5) is 8.78 Å². The molecule has 9 heavy (non-hydrogen) atoms. The van der Waals surface area contributed by atoms with Gasteiger partial charge in [-0.05, 0) is 0 Å². The summed E-state index contributed by atoms with van der Waals surface area (Å²) in [6, 6.07) is 0. The van der Waals surface area contributed by atoms with Gasteiger partial charge in [-0.2, -0.15) is 0 Å². The first-order chi connectivity index (χ1) is 3.98. The molecule has 0 fully saturated rings. The predicted octanol–water partition coefficient (Wildman–Crippen LogP) is 1.78. The maximum Gasteiger partial charge on any atom is 0.239 e. The van der Waals surface area contributed by atoms with Gasteiger partial charge < -0.3 is 0 Å². The zero-order valence-electron chi connectivity index (χ0n) is 5.45. The van der Waals surface area contributed by atoms with Crippen molar-refractivity contribution in [2.45, 2.75) is 26.7 Å². The molecule has 0 aliphatic heterocycles. The van der Waals surface area contributed by atoms with E-state index in [1.165, 1.54) is 13.8 Å². The minimum Gasteiger partial charge on any atom is -0.290 e. The summed E-state index contributed by atoms with van der Waals surface area (Å²) in [6.07, 6.45) is -1.28. The highest BCUT2D eigenvalue weighted by molar-refractivity contribution is 5.58. The average Bonchev–Trinajstić information content (AvgIpc) is 1.63. The van der Waals surface area contributed by atoms with E-state index >= 15 is 0 Å². The summed E-state index contributed by atoms with van der Waals surface area (Å²) < 4.78 is 23.1.